The molecule has 0 radical (unpaired) electrons. The fraction of sp³-hybridized carbons (Fsp3) is 0.200. The molecule has 0 spiro atoms. The average molecular weight is 366 g/mol. The molecule has 0 saturated carbocycles. The Morgan fingerprint density at radius 3 is 2.81 bits per heavy atom. The molecule has 3 rings (SSSR count). The number of hydrogen-bond acceptors (Lipinski definition) is 4. The number of anilines is 1. The van der Waals surface area contributed by atoms with Gasteiger partial charge in [-0.3, -0.25) is 0 Å². The maximum absolute atomic E-state index is 14.0. The van der Waals surface area contributed by atoms with Gasteiger partial charge in [0, 0.05) is 16.4 Å². The number of benzene rings is 1. The van der Waals surface area contributed by atoms with E-state index in [2.05, 4.69) is 44.2 Å². The summed E-state index contributed by atoms with van der Waals surface area (Å²) >= 11 is 4.98. The molecular weight excluding hydrogens is 353 g/mol. The lowest BCUT2D eigenvalue weighted by Gasteiger charge is -2.06. The molecule has 21 heavy (non-hydrogen) atoms. The number of halogens is 2. The fourth-order valence-corrected chi connectivity index (χ4v) is 3.45. The average Bonchev–Trinajstić information content (AvgIpc) is 2.91. The molecule has 6 heteroatoms. The summed E-state index contributed by atoms with van der Waals surface area (Å²) in [5.41, 5.74) is 0.397. The number of thiophene rings is 1. The molecule has 2 heterocycles. The Hall–Kier alpha value is -1.53. The third-order valence-electron chi connectivity index (χ3n) is 3.20. The van der Waals surface area contributed by atoms with E-state index >= 15 is 0 Å². The molecular formula is C15H13BrFN3S. The van der Waals surface area contributed by atoms with Crippen LogP contribution in [0.1, 0.15) is 11.8 Å². The van der Waals surface area contributed by atoms with Gasteiger partial charge in [0.1, 0.15) is 16.5 Å². The standard InChI is InChI=1S/C15H13BrFN3S/c1-3-9-7-11-13(18-2)19-14(20-15(11)21-9)10-6-8(16)4-5-12(10)17/h4-7H,3H2,1-2H3,(H,18,19,20). The highest BCUT2D eigenvalue weighted by Crippen LogP contribution is 2.32. The van der Waals surface area contributed by atoms with Crippen LogP contribution in [0.25, 0.3) is 21.6 Å². The number of nitrogens with zero attached hydrogens (tertiary/aromatic N) is 2. The molecule has 0 saturated heterocycles. The lowest BCUT2D eigenvalue weighted by Crippen LogP contribution is -1.98. The third-order valence-corrected chi connectivity index (χ3v) is 4.86. The van der Waals surface area contributed by atoms with Crippen LogP contribution in [0.15, 0.2) is 28.7 Å². The van der Waals surface area contributed by atoms with E-state index in [1.54, 1.807) is 23.5 Å². The Morgan fingerprint density at radius 1 is 1.29 bits per heavy atom. The minimum atomic E-state index is -0.327. The minimum Gasteiger partial charge on any atom is -0.372 e. The van der Waals surface area contributed by atoms with Gasteiger partial charge >= 0.3 is 0 Å². The van der Waals surface area contributed by atoms with Gasteiger partial charge in [0.05, 0.1) is 10.9 Å². The summed E-state index contributed by atoms with van der Waals surface area (Å²) < 4.78 is 14.8. The van der Waals surface area contributed by atoms with E-state index in [9.17, 15) is 4.39 Å². The van der Waals surface area contributed by atoms with Crippen molar-refractivity contribution in [3.63, 3.8) is 0 Å². The van der Waals surface area contributed by atoms with Crippen LogP contribution in [0.5, 0.6) is 0 Å². The topological polar surface area (TPSA) is 37.8 Å². The Labute approximate surface area is 134 Å². The highest BCUT2D eigenvalue weighted by Gasteiger charge is 2.14. The summed E-state index contributed by atoms with van der Waals surface area (Å²) in [6, 6.07) is 6.87. The van der Waals surface area contributed by atoms with Crippen molar-refractivity contribution in [2.24, 2.45) is 0 Å². The van der Waals surface area contributed by atoms with Gasteiger partial charge in [-0.2, -0.15) is 0 Å². The lowest BCUT2D eigenvalue weighted by molar-refractivity contribution is 0.630. The number of aromatic nitrogens is 2. The number of rotatable bonds is 3. The first-order chi connectivity index (χ1) is 10.1. The first-order valence-electron chi connectivity index (χ1n) is 6.56. The van der Waals surface area contributed by atoms with Crippen LogP contribution < -0.4 is 5.32 Å². The Bertz CT molecular complexity index is 816. The predicted molar refractivity (Wildman–Crippen MR) is 89.4 cm³/mol. The van der Waals surface area contributed by atoms with E-state index in [1.165, 1.54) is 10.9 Å². The molecule has 1 N–H and O–H groups in total. The Morgan fingerprint density at radius 2 is 2.10 bits per heavy atom. The van der Waals surface area contributed by atoms with Crippen LogP contribution in [0.3, 0.4) is 0 Å². The quantitative estimate of drug-likeness (QED) is 0.719. The summed E-state index contributed by atoms with van der Waals surface area (Å²) in [6.45, 7) is 2.10. The van der Waals surface area contributed by atoms with Crippen molar-refractivity contribution in [3.05, 3.63) is 39.4 Å². The highest BCUT2D eigenvalue weighted by molar-refractivity contribution is 9.10. The van der Waals surface area contributed by atoms with E-state index < -0.39 is 0 Å². The van der Waals surface area contributed by atoms with Gasteiger partial charge in [0.25, 0.3) is 0 Å². The molecule has 0 atom stereocenters. The molecule has 2 aromatic heterocycles. The van der Waals surface area contributed by atoms with Gasteiger partial charge in [0.15, 0.2) is 5.82 Å². The van der Waals surface area contributed by atoms with Crippen molar-refractivity contribution in [1.29, 1.82) is 0 Å². The number of aryl methyl sites for hydroxylation is 1. The second-order valence-corrected chi connectivity index (χ2v) is 6.59. The van der Waals surface area contributed by atoms with Crippen LogP contribution in [-0.2, 0) is 6.42 Å². The third kappa shape index (κ3) is 2.65. The Kier molecular flexibility index (Phi) is 3.91. The molecule has 0 unspecified atom stereocenters. The summed E-state index contributed by atoms with van der Waals surface area (Å²) in [4.78, 5) is 11.1. The zero-order chi connectivity index (χ0) is 15.0. The van der Waals surface area contributed by atoms with Gasteiger partial charge in [-0.1, -0.05) is 22.9 Å². The van der Waals surface area contributed by atoms with Crippen molar-refractivity contribution in [2.45, 2.75) is 13.3 Å². The van der Waals surface area contributed by atoms with E-state index in [1.807, 2.05) is 7.05 Å². The first kappa shape index (κ1) is 14.4. The zero-order valence-electron chi connectivity index (χ0n) is 11.6. The smallest absolute Gasteiger partial charge is 0.166 e. The van der Waals surface area contributed by atoms with Crippen LogP contribution in [0.2, 0.25) is 0 Å². The molecule has 3 aromatic rings. The maximum atomic E-state index is 14.0. The minimum absolute atomic E-state index is 0.327. The van der Waals surface area contributed by atoms with Crippen molar-refractivity contribution >= 4 is 43.3 Å². The summed E-state index contributed by atoms with van der Waals surface area (Å²) in [6.07, 6.45) is 0.949. The predicted octanol–water partition coefficient (Wildman–Crippen LogP) is 4.86. The van der Waals surface area contributed by atoms with E-state index in [-0.39, 0.29) is 5.82 Å². The monoisotopic (exact) mass is 365 g/mol. The van der Waals surface area contributed by atoms with Crippen molar-refractivity contribution < 1.29 is 4.39 Å². The largest absolute Gasteiger partial charge is 0.372 e. The summed E-state index contributed by atoms with van der Waals surface area (Å²) in [7, 11) is 1.81. The van der Waals surface area contributed by atoms with Gasteiger partial charge in [-0.15, -0.1) is 11.3 Å². The SMILES string of the molecule is CCc1cc2c(NC)nc(-c3cc(Br)ccc3F)nc2s1. The molecule has 0 aliphatic heterocycles. The van der Waals surface area contributed by atoms with Gasteiger partial charge in [-0.05, 0) is 30.7 Å². The molecule has 0 bridgehead atoms. The zero-order valence-corrected chi connectivity index (χ0v) is 14.0. The van der Waals surface area contributed by atoms with Crippen LogP contribution in [0.4, 0.5) is 10.2 Å². The van der Waals surface area contributed by atoms with E-state index in [4.69, 9.17) is 0 Å². The molecule has 0 fully saturated rings. The first-order valence-corrected chi connectivity index (χ1v) is 8.17. The van der Waals surface area contributed by atoms with Crippen molar-refractivity contribution in [2.75, 3.05) is 12.4 Å². The number of hydrogen-bond donors (Lipinski definition) is 1. The normalized spacial score (nSPS) is 11.0. The maximum Gasteiger partial charge on any atom is 0.166 e. The Balaban J connectivity index is 2.25. The molecule has 1 aromatic carbocycles. The lowest BCUT2D eigenvalue weighted by atomic mass is 10.2. The van der Waals surface area contributed by atoms with Crippen LogP contribution in [0, 0.1) is 5.82 Å². The molecule has 0 aliphatic rings. The van der Waals surface area contributed by atoms with Crippen molar-refractivity contribution in [1.82, 2.24) is 9.97 Å². The van der Waals surface area contributed by atoms with Gasteiger partial charge in [0.2, 0.25) is 0 Å². The second-order valence-electron chi connectivity index (χ2n) is 4.56. The van der Waals surface area contributed by atoms with Crippen molar-refractivity contribution in [3.8, 4) is 11.4 Å². The fourth-order valence-electron chi connectivity index (χ4n) is 2.13. The molecule has 3 nitrogen and oxygen atoms in total. The molecule has 0 amide bonds. The van der Waals surface area contributed by atoms with Gasteiger partial charge < -0.3 is 5.32 Å². The highest BCUT2D eigenvalue weighted by atomic mass is 79.9. The van der Waals surface area contributed by atoms with Gasteiger partial charge in [-0.25, -0.2) is 14.4 Å². The van der Waals surface area contributed by atoms with Crippen LogP contribution in [-0.4, -0.2) is 17.0 Å². The number of nitrogens with one attached hydrogen (secondary N) is 1. The van der Waals surface area contributed by atoms with E-state index in [0.29, 0.717) is 11.4 Å². The van der Waals surface area contributed by atoms with E-state index in [0.717, 1.165) is 26.9 Å². The van der Waals surface area contributed by atoms with Crippen LogP contribution >= 0.6 is 27.3 Å². The number of fused-ring (bicyclic) bond motifs is 1. The second kappa shape index (κ2) is 5.69. The summed E-state index contributed by atoms with van der Waals surface area (Å²) in [5, 5.41) is 4.06. The molecule has 108 valence electrons. The summed E-state index contributed by atoms with van der Waals surface area (Å²) in [5.74, 6) is 0.798. The molecule has 0 aliphatic carbocycles.